The zero-order valence-corrected chi connectivity index (χ0v) is 17.5. The van der Waals surface area contributed by atoms with Gasteiger partial charge in [0, 0.05) is 21.7 Å². The highest BCUT2D eigenvalue weighted by Crippen LogP contribution is 2.26. The maximum atomic E-state index is 12.5. The Balaban J connectivity index is 1.90. The summed E-state index contributed by atoms with van der Waals surface area (Å²) in [6, 6.07) is 1.68. The van der Waals surface area contributed by atoms with Crippen molar-refractivity contribution < 1.29 is 14.3 Å². The number of nitrogens with one attached hydrogen (secondary N) is 2. The number of anilines is 1. The van der Waals surface area contributed by atoms with E-state index in [4.69, 9.17) is 16.3 Å². The zero-order valence-electron chi connectivity index (χ0n) is 14.6. The number of hydrogen-bond acceptors (Lipinski definition) is 4. The lowest BCUT2D eigenvalue weighted by atomic mass is 9.85. The van der Waals surface area contributed by atoms with E-state index in [0.717, 1.165) is 22.8 Å². The van der Waals surface area contributed by atoms with Crippen molar-refractivity contribution in [3.63, 3.8) is 0 Å². The van der Waals surface area contributed by atoms with Gasteiger partial charge in [0.25, 0.3) is 0 Å². The van der Waals surface area contributed by atoms with Crippen LogP contribution in [0.2, 0.25) is 5.02 Å². The summed E-state index contributed by atoms with van der Waals surface area (Å²) in [5, 5.41) is 6.25. The number of carbonyl (C=O) groups excluding carboxylic acids is 2. The smallest absolute Gasteiger partial charge is 0.407 e. The number of carbonyl (C=O) groups is 2. The summed E-state index contributed by atoms with van der Waals surface area (Å²) in [4.78, 5) is 28.5. The predicted octanol–water partition coefficient (Wildman–Crippen LogP) is 4.36. The van der Waals surface area contributed by atoms with Crippen LogP contribution in [-0.2, 0) is 9.53 Å². The molecule has 2 atom stereocenters. The third-order valence-corrected chi connectivity index (χ3v) is 5.34. The van der Waals surface area contributed by atoms with Gasteiger partial charge in [0.05, 0.1) is 5.02 Å². The molecule has 1 aromatic rings. The molecule has 6 nitrogen and oxygen atoms in total. The van der Waals surface area contributed by atoms with E-state index in [1.165, 1.54) is 6.20 Å². The van der Waals surface area contributed by atoms with E-state index in [9.17, 15) is 9.59 Å². The van der Waals surface area contributed by atoms with Crippen molar-refractivity contribution in [3.8, 4) is 0 Å². The van der Waals surface area contributed by atoms with Crippen LogP contribution >= 0.6 is 34.2 Å². The van der Waals surface area contributed by atoms with Gasteiger partial charge in [0.2, 0.25) is 5.91 Å². The van der Waals surface area contributed by atoms with Gasteiger partial charge >= 0.3 is 6.09 Å². The molecule has 0 saturated heterocycles. The van der Waals surface area contributed by atoms with Gasteiger partial charge in [-0.1, -0.05) is 18.0 Å². The lowest BCUT2D eigenvalue weighted by Gasteiger charge is -2.30. The third kappa shape index (κ3) is 6.62. The Morgan fingerprint density at radius 3 is 2.72 bits per heavy atom. The Morgan fingerprint density at radius 2 is 2.08 bits per heavy atom. The SMILES string of the molecule is CC(C)(C)OC(=O)N[C@H]1CCC[C@H](C(=O)Nc2cc(I)c(Cl)cn2)C1. The summed E-state index contributed by atoms with van der Waals surface area (Å²) in [7, 11) is 0. The van der Waals surface area contributed by atoms with Crippen LogP contribution in [0.5, 0.6) is 0 Å². The van der Waals surface area contributed by atoms with E-state index in [0.29, 0.717) is 17.3 Å². The molecule has 1 aliphatic carbocycles. The van der Waals surface area contributed by atoms with Gasteiger partial charge in [-0.25, -0.2) is 9.78 Å². The molecule has 2 N–H and O–H groups in total. The van der Waals surface area contributed by atoms with Crippen molar-refractivity contribution in [1.29, 1.82) is 0 Å². The number of hydrogen-bond donors (Lipinski definition) is 2. The first kappa shape index (κ1) is 20.2. The van der Waals surface area contributed by atoms with E-state index >= 15 is 0 Å². The first-order valence-corrected chi connectivity index (χ1v) is 9.71. The molecule has 1 fully saturated rings. The fourth-order valence-corrected chi connectivity index (χ4v) is 3.28. The maximum absolute atomic E-state index is 12.5. The minimum atomic E-state index is -0.535. The van der Waals surface area contributed by atoms with Crippen molar-refractivity contribution in [3.05, 3.63) is 20.9 Å². The normalized spacial score (nSPS) is 20.7. The second-order valence-corrected chi connectivity index (χ2v) is 8.75. The first-order valence-electron chi connectivity index (χ1n) is 8.25. The Morgan fingerprint density at radius 1 is 1.36 bits per heavy atom. The van der Waals surface area contributed by atoms with Gasteiger partial charge in [0.15, 0.2) is 0 Å². The molecule has 0 spiro atoms. The summed E-state index contributed by atoms with van der Waals surface area (Å²) in [5.41, 5.74) is -0.535. The Hall–Kier alpha value is -1.09. The van der Waals surface area contributed by atoms with E-state index in [1.807, 2.05) is 20.8 Å². The predicted molar refractivity (Wildman–Crippen MR) is 106 cm³/mol. The van der Waals surface area contributed by atoms with E-state index < -0.39 is 11.7 Å². The molecule has 1 heterocycles. The number of nitrogens with zero attached hydrogens (tertiary/aromatic N) is 1. The highest BCUT2D eigenvalue weighted by atomic mass is 127. The van der Waals surface area contributed by atoms with Crippen LogP contribution in [0.4, 0.5) is 10.6 Å². The van der Waals surface area contributed by atoms with Crippen molar-refractivity contribution in [2.75, 3.05) is 5.32 Å². The van der Waals surface area contributed by atoms with Crippen LogP contribution in [0, 0.1) is 9.49 Å². The molecule has 0 bridgehead atoms. The number of pyridine rings is 1. The Bertz CT molecular complexity index is 649. The van der Waals surface area contributed by atoms with E-state index in [2.05, 4.69) is 38.2 Å². The third-order valence-electron chi connectivity index (χ3n) is 3.83. The fraction of sp³-hybridized carbons (Fsp3) is 0.588. The van der Waals surface area contributed by atoms with Crippen molar-refractivity contribution >= 4 is 52.0 Å². The number of amides is 2. The molecular formula is C17H23ClIN3O3. The number of ether oxygens (including phenoxy) is 1. The summed E-state index contributed by atoms with van der Waals surface area (Å²) in [6.07, 6.45) is 4.20. The molecule has 1 saturated carbocycles. The molecule has 1 aromatic heterocycles. The topological polar surface area (TPSA) is 80.3 Å². The highest BCUT2D eigenvalue weighted by Gasteiger charge is 2.29. The number of rotatable bonds is 3. The van der Waals surface area contributed by atoms with Crippen molar-refractivity contribution in [2.24, 2.45) is 5.92 Å². The fourth-order valence-electron chi connectivity index (χ4n) is 2.74. The summed E-state index contributed by atoms with van der Waals surface area (Å²) in [6.45, 7) is 5.47. The number of halogens is 2. The lowest BCUT2D eigenvalue weighted by Crippen LogP contribution is -2.43. The summed E-state index contributed by atoms with van der Waals surface area (Å²) >= 11 is 8.04. The molecule has 0 aliphatic heterocycles. The molecule has 2 rings (SSSR count). The number of alkyl carbamates (subject to hydrolysis) is 1. The van der Waals surface area contributed by atoms with Gasteiger partial charge in [-0.05, 0) is 68.7 Å². The standard InChI is InChI=1S/C17H23ClIN3O3/c1-17(2,3)25-16(24)21-11-6-4-5-10(7-11)15(23)22-14-8-13(19)12(18)9-20-14/h8-11H,4-7H2,1-3H3,(H,21,24)(H,20,22,23)/t10-,11-/m0/s1. The molecule has 2 amide bonds. The summed E-state index contributed by atoms with van der Waals surface area (Å²) < 4.78 is 6.11. The zero-order chi connectivity index (χ0) is 18.6. The van der Waals surface area contributed by atoms with E-state index in [1.54, 1.807) is 6.07 Å². The van der Waals surface area contributed by atoms with Crippen LogP contribution in [0.25, 0.3) is 0 Å². The van der Waals surface area contributed by atoms with E-state index in [-0.39, 0.29) is 17.9 Å². The second-order valence-electron chi connectivity index (χ2n) is 7.18. The highest BCUT2D eigenvalue weighted by molar-refractivity contribution is 14.1. The molecular weight excluding hydrogens is 457 g/mol. The molecule has 0 radical (unpaired) electrons. The van der Waals surface area contributed by atoms with Gasteiger partial charge in [0.1, 0.15) is 11.4 Å². The minimum Gasteiger partial charge on any atom is -0.444 e. The maximum Gasteiger partial charge on any atom is 0.407 e. The number of aromatic nitrogens is 1. The lowest BCUT2D eigenvalue weighted by molar-refractivity contribution is -0.121. The first-order chi connectivity index (χ1) is 11.6. The monoisotopic (exact) mass is 479 g/mol. The largest absolute Gasteiger partial charge is 0.444 e. The minimum absolute atomic E-state index is 0.0577. The van der Waals surface area contributed by atoms with Crippen LogP contribution < -0.4 is 10.6 Å². The van der Waals surface area contributed by atoms with Gasteiger partial charge in [-0.15, -0.1) is 0 Å². The van der Waals surface area contributed by atoms with Crippen LogP contribution in [-0.4, -0.2) is 28.6 Å². The molecule has 1 aliphatic rings. The average Bonchev–Trinajstić information content (AvgIpc) is 2.49. The molecule has 25 heavy (non-hydrogen) atoms. The van der Waals surface area contributed by atoms with Gasteiger partial charge in [-0.2, -0.15) is 0 Å². The van der Waals surface area contributed by atoms with Crippen LogP contribution in [0.1, 0.15) is 46.5 Å². The second kappa shape index (κ2) is 8.53. The Labute approximate surface area is 166 Å². The van der Waals surface area contributed by atoms with Gasteiger partial charge in [-0.3, -0.25) is 4.79 Å². The van der Waals surface area contributed by atoms with Crippen molar-refractivity contribution in [2.45, 2.75) is 58.1 Å². The summed E-state index contributed by atoms with van der Waals surface area (Å²) in [5.74, 6) is 0.242. The molecule has 0 aromatic carbocycles. The quantitative estimate of drug-likeness (QED) is 0.631. The van der Waals surface area contributed by atoms with Crippen LogP contribution in [0.15, 0.2) is 12.3 Å². The molecule has 138 valence electrons. The average molecular weight is 480 g/mol. The van der Waals surface area contributed by atoms with Crippen LogP contribution in [0.3, 0.4) is 0 Å². The molecule has 0 unspecified atom stereocenters. The van der Waals surface area contributed by atoms with Gasteiger partial charge < -0.3 is 15.4 Å². The molecule has 8 heteroatoms. The Kier molecular flexibility index (Phi) is 6.90. The van der Waals surface area contributed by atoms with Crippen molar-refractivity contribution in [1.82, 2.24) is 10.3 Å².